The Labute approximate surface area is 195 Å². The highest BCUT2D eigenvalue weighted by atomic mass is 32.1. The third kappa shape index (κ3) is 3.92. The molecule has 1 atom stereocenters. The standard InChI is InChI=1S/C23H25FN6O2S/c1-14-19-20(29-11-5-3-4-6-18(29)31)26-21(22-25-15(2)27-33-22)30(19)13-12-28(14)23(32)16-7-9-17(24)10-8-16/h7-10,14H,3-6,11-13H2,1-2H3. The van der Waals surface area contributed by atoms with Crippen molar-refractivity contribution in [2.45, 2.75) is 52.1 Å². The van der Waals surface area contributed by atoms with Crippen LogP contribution in [0.3, 0.4) is 0 Å². The molecule has 0 aliphatic carbocycles. The van der Waals surface area contributed by atoms with Crippen LogP contribution in [0, 0.1) is 12.7 Å². The number of rotatable bonds is 3. The van der Waals surface area contributed by atoms with E-state index in [4.69, 9.17) is 4.98 Å². The lowest BCUT2D eigenvalue weighted by atomic mass is 10.1. The Morgan fingerprint density at radius 2 is 1.88 bits per heavy atom. The number of hydrogen-bond acceptors (Lipinski definition) is 6. The van der Waals surface area contributed by atoms with E-state index in [9.17, 15) is 14.0 Å². The van der Waals surface area contributed by atoms with Crippen LogP contribution < -0.4 is 4.90 Å². The average molecular weight is 469 g/mol. The van der Waals surface area contributed by atoms with Gasteiger partial charge in [0.15, 0.2) is 16.6 Å². The maximum Gasteiger partial charge on any atom is 0.254 e. The van der Waals surface area contributed by atoms with Crippen LogP contribution >= 0.6 is 11.5 Å². The summed E-state index contributed by atoms with van der Waals surface area (Å²) in [6.45, 7) is 5.39. The Morgan fingerprint density at radius 3 is 2.61 bits per heavy atom. The number of imidazole rings is 1. The molecule has 2 aliphatic rings. The van der Waals surface area contributed by atoms with Gasteiger partial charge in [-0.2, -0.15) is 4.37 Å². The van der Waals surface area contributed by atoms with Gasteiger partial charge in [-0.3, -0.25) is 14.5 Å². The van der Waals surface area contributed by atoms with E-state index in [0.717, 1.165) is 25.0 Å². The van der Waals surface area contributed by atoms with Crippen LogP contribution in [-0.4, -0.2) is 48.7 Å². The first-order valence-electron chi connectivity index (χ1n) is 11.2. The molecule has 0 spiro atoms. The molecule has 0 N–H and O–H groups in total. The van der Waals surface area contributed by atoms with Gasteiger partial charge in [-0.05, 0) is 62.5 Å². The molecule has 2 amide bonds. The number of carbonyl (C=O) groups excluding carboxylic acids is 2. The van der Waals surface area contributed by atoms with E-state index in [1.807, 2.05) is 13.8 Å². The topological polar surface area (TPSA) is 84.2 Å². The van der Waals surface area contributed by atoms with Crippen LogP contribution in [0.4, 0.5) is 10.2 Å². The fourth-order valence-corrected chi connectivity index (χ4v) is 5.30. The molecule has 33 heavy (non-hydrogen) atoms. The number of fused-ring (bicyclic) bond motifs is 1. The Morgan fingerprint density at radius 1 is 1.09 bits per heavy atom. The van der Waals surface area contributed by atoms with Crippen LogP contribution in [0.25, 0.3) is 10.8 Å². The maximum absolute atomic E-state index is 13.4. The maximum atomic E-state index is 13.4. The summed E-state index contributed by atoms with van der Waals surface area (Å²) in [6, 6.07) is 5.28. The Balaban J connectivity index is 1.58. The molecule has 2 aromatic heterocycles. The van der Waals surface area contributed by atoms with E-state index >= 15 is 0 Å². The normalized spacial score (nSPS) is 18.9. The summed E-state index contributed by atoms with van der Waals surface area (Å²) < 4.78 is 19.8. The summed E-state index contributed by atoms with van der Waals surface area (Å²) in [6.07, 6.45) is 3.29. The molecule has 10 heteroatoms. The van der Waals surface area contributed by atoms with Crippen molar-refractivity contribution in [2.24, 2.45) is 0 Å². The van der Waals surface area contributed by atoms with Gasteiger partial charge < -0.3 is 9.47 Å². The van der Waals surface area contributed by atoms with Crippen LogP contribution in [0.15, 0.2) is 24.3 Å². The molecule has 8 nitrogen and oxygen atoms in total. The van der Waals surface area contributed by atoms with Crippen LogP contribution in [-0.2, 0) is 11.3 Å². The van der Waals surface area contributed by atoms with Crippen molar-refractivity contribution in [2.75, 3.05) is 18.0 Å². The molecular weight excluding hydrogens is 443 g/mol. The molecule has 2 aliphatic heterocycles. The third-order valence-electron chi connectivity index (χ3n) is 6.32. The Bertz CT molecular complexity index is 1200. The van der Waals surface area contributed by atoms with E-state index in [2.05, 4.69) is 13.9 Å². The first-order valence-corrected chi connectivity index (χ1v) is 12.0. The predicted molar refractivity (Wildman–Crippen MR) is 123 cm³/mol. The van der Waals surface area contributed by atoms with Crippen LogP contribution in [0.5, 0.6) is 0 Å². The number of anilines is 1. The zero-order valence-electron chi connectivity index (χ0n) is 18.6. The Hall–Kier alpha value is -3.14. The second-order valence-electron chi connectivity index (χ2n) is 8.48. The molecule has 3 aromatic rings. The molecular formula is C23H25FN6O2S. The second kappa shape index (κ2) is 8.66. The lowest BCUT2D eigenvalue weighted by Crippen LogP contribution is -2.42. The summed E-state index contributed by atoms with van der Waals surface area (Å²) in [5.74, 6) is 1.48. The monoisotopic (exact) mass is 468 g/mol. The number of hydrogen-bond donors (Lipinski definition) is 0. The lowest BCUT2D eigenvalue weighted by molar-refractivity contribution is -0.118. The molecule has 5 rings (SSSR count). The van der Waals surface area contributed by atoms with Crippen molar-refractivity contribution < 1.29 is 14.0 Å². The van der Waals surface area contributed by atoms with Crippen molar-refractivity contribution in [1.29, 1.82) is 0 Å². The zero-order chi connectivity index (χ0) is 23.1. The number of aromatic nitrogens is 4. The Kier molecular flexibility index (Phi) is 5.69. The summed E-state index contributed by atoms with van der Waals surface area (Å²) in [4.78, 5) is 39.2. The summed E-state index contributed by atoms with van der Waals surface area (Å²) in [5, 5.41) is 0.702. The second-order valence-corrected chi connectivity index (χ2v) is 9.23. The minimum absolute atomic E-state index is 0.0579. The molecule has 0 saturated carbocycles. The van der Waals surface area contributed by atoms with Crippen molar-refractivity contribution in [3.63, 3.8) is 0 Å². The summed E-state index contributed by atoms with van der Waals surface area (Å²) >= 11 is 1.28. The highest BCUT2D eigenvalue weighted by molar-refractivity contribution is 7.09. The van der Waals surface area contributed by atoms with Gasteiger partial charge in [-0.15, -0.1) is 0 Å². The quantitative estimate of drug-likeness (QED) is 0.581. The van der Waals surface area contributed by atoms with Crippen molar-refractivity contribution in [3.8, 4) is 10.8 Å². The fourth-order valence-electron chi connectivity index (χ4n) is 4.63. The molecule has 1 saturated heterocycles. The van der Waals surface area contributed by atoms with E-state index in [1.54, 1.807) is 9.80 Å². The first-order chi connectivity index (χ1) is 15.9. The average Bonchev–Trinajstić information content (AvgIpc) is 3.33. The highest BCUT2D eigenvalue weighted by Crippen LogP contribution is 2.39. The summed E-state index contributed by atoms with van der Waals surface area (Å²) in [5.41, 5.74) is 1.26. The number of amides is 2. The molecule has 1 unspecified atom stereocenters. The van der Waals surface area contributed by atoms with Crippen LogP contribution in [0.1, 0.15) is 60.5 Å². The molecule has 1 fully saturated rings. The lowest BCUT2D eigenvalue weighted by Gasteiger charge is -2.36. The number of carbonyl (C=O) groups is 2. The number of benzene rings is 1. The van der Waals surface area contributed by atoms with Gasteiger partial charge in [-0.1, -0.05) is 6.42 Å². The van der Waals surface area contributed by atoms with Crippen molar-refractivity contribution in [3.05, 3.63) is 47.2 Å². The summed E-state index contributed by atoms with van der Waals surface area (Å²) in [7, 11) is 0. The van der Waals surface area contributed by atoms with Crippen LogP contribution in [0.2, 0.25) is 0 Å². The van der Waals surface area contributed by atoms with E-state index in [-0.39, 0.29) is 23.7 Å². The molecule has 0 radical (unpaired) electrons. The van der Waals surface area contributed by atoms with Crippen molar-refractivity contribution in [1.82, 2.24) is 23.8 Å². The minimum atomic E-state index is -0.379. The predicted octanol–water partition coefficient (Wildman–Crippen LogP) is 3.97. The van der Waals surface area contributed by atoms with Gasteiger partial charge in [0.05, 0.1) is 11.7 Å². The van der Waals surface area contributed by atoms with Gasteiger partial charge in [-0.25, -0.2) is 14.4 Å². The fraction of sp³-hybridized carbons (Fsp3) is 0.435. The minimum Gasteiger partial charge on any atom is -0.328 e. The first kappa shape index (κ1) is 21.7. The largest absolute Gasteiger partial charge is 0.328 e. The smallest absolute Gasteiger partial charge is 0.254 e. The SMILES string of the molecule is Cc1nsc(-c2nc(N3CCCCCC3=O)c3n2CCN(C(=O)c2ccc(F)cc2)C3C)n1. The molecule has 1 aromatic carbocycles. The van der Waals surface area contributed by atoms with E-state index in [1.165, 1.54) is 35.8 Å². The van der Waals surface area contributed by atoms with Gasteiger partial charge in [0.25, 0.3) is 5.91 Å². The number of aryl methyl sites for hydroxylation is 1. The number of halogens is 1. The van der Waals surface area contributed by atoms with E-state index in [0.29, 0.717) is 54.1 Å². The third-order valence-corrected chi connectivity index (χ3v) is 7.12. The van der Waals surface area contributed by atoms with Crippen molar-refractivity contribution >= 4 is 29.2 Å². The van der Waals surface area contributed by atoms with Gasteiger partial charge in [0, 0.05) is 31.6 Å². The number of nitrogens with zero attached hydrogens (tertiary/aromatic N) is 6. The molecule has 172 valence electrons. The highest BCUT2D eigenvalue weighted by Gasteiger charge is 2.37. The van der Waals surface area contributed by atoms with Gasteiger partial charge in [0.1, 0.15) is 11.6 Å². The van der Waals surface area contributed by atoms with Gasteiger partial charge >= 0.3 is 0 Å². The molecule has 0 bridgehead atoms. The van der Waals surface area contributed by atoms with Gasteiger partial charge in [0.2, 0.25) is 5.91 Å². The molecule has 4 heterocycles. The van der Waals surface area contributed by atoms with E-state index < -0.39 is 0 Å². The zero-order valence-corrected chi connectivity index (χ0v) is 19.4.